The van der Waals surface area contributed by atoms with E-state index in [9.17, 15) is 0 Å². The van der Waals surface area contributed by atoms with Crippen molar-refractivity contribution in [1.82, 2.24) is 9.56 Å². The van der Waals surface area contributed by atoms with Crippen LogP contribution in [0.5, 0.6) is 0 Å². The molecular formula is C26H38N3O2S+. The number of benzene rings is 2. The van der Waals surface area contributed by atoms with Crippen LogP contribution >= 0.6 is 11.3 Å². The number of methoxy groups -OCH3 is 2. The summed E-state index contributed by atoms with van der Waals surface area (Å²) in [6.45, 7) is 9.81. The van der Waals surface area contributed by atoms with Crippen LogP contribution in [0.3, 0.4) is 0 Å². The quantitative estimate of drug-likeness (QED) is 0.272. The molecular weight excluding hydrogens is 418 g/mol. The van der Waals surface area contributed by atoms with Gasteiger partial charge in [0.1, 0.15) is 13.1 Å². The van der Waals surface area contributed by atoms with Gasteiger partial charge in [0.15, 0.2) is 0 Å². The normalized spacial score (nSPS) is 11.4. The highest BCUT2D eigenvalue weighted by molar-refractivity contribution is 7.21. The molecule has 0 fully saturated rings. The van der Waals surface area contributed by atoms with Gasteiger partial charge in [-0.3, -0.25) is 0 Å². The first-order chi connectivity index (χ1) is 15.7. The van der Waals surface area contributed by atoms with Gasteiger partial charge in [-0.05, 0) is 24.3 Å². The first-order valence-corrected chi connectivity index (χ1v) is 12.7. The summed E-state index contributed by atoms with van der Waals surface area (Å²) in [5, 5.41) is 1.31. The zero-order chi connectivity index (χ0) is 22.8. The third kappa shape index (κ3) is 6.50. The molecule has 0 spiro atoms. The highest BCUT2D eigenvalue weighted by atomic mass is 32.1. The zero-order valence-electron chi connectivity index (χ0n) is 20.1. The fourth-order valence-electron chi connectivity index (χ4n) is 3.84. The van der Waals surface area contributed by atoms with E-state index >= 15 is 0 Å². The van der Waals surface area contributed by atoms with Crippen LogP contribution in [0.4, 0.5) is 5.69 Å². The summed E-state index contributed by atoms with van der Waals surface area (Å²) in [6.07, 6.45) is 4.89. The molecule has 0 saturated carbocycles. The third-order valence-electron chi connectivity index (χ3n) is 5.77. The van der Waals surface area contributed by atoms with Crippen molar-refractivity contribution < 1.29 is 9.47 Å². The molecule has 2 aliphatic rings. The molecule has 1 aromatic rings. The minimum atomic E-state index is 0.690. The predicted octanol–water partition coefficient (Wildman–Crippen LogP) is 4.87. The molecule has 1 heterocycles. The standard InChI is InChI=1S/C26H38N3O2S/c1-5-7-13-28(14-8-6-2)21-9-11-23-25(19-21)32-26-20-22(10-12-24(26)27-23)29(15-17-30-3)16-18-31-4/h9-12,19-20H,5-8,13-18H2,1-4H3/q+1. The fourth-order valence-corrected chi connectivity index (χ4v) is 4.87. The lowest BCUT2D eigenvalue weighted by molar-refractivity contribution is 0.190. The number of aromatic nitrogens is 1. The molecule has 1 aliphatic carbocycles. The van der Waals surface area contributed by atoms with Gasteiger partial charge >= 0.3 is 0 Å². The summed E-state index contributed by atoms with van der Waals surface area (Å²) in [7, 11) is 3.49. The minimum absolute atomic E-state index is 0.690. The maximum absolute atomic E-state index is 5.31. The van der Waals surface area contributed by atoms with Gasteiger partial charge in [-0.15, -0.1) is 11.3 Å². The smallest absolute Gasteiger partial charge is 0.201 e. The third-order valence-corrected chi connectivity index (χ3v) is 6.87. The second-order valence-corrected chi connectivity index (χ2v) is 9.27. The van der Waals surface area contributed by atoms with Crippen molar-refractivity contribution in [3.8, 4) is 10.6 Å². The van der Waals surface area contributed by atoms with Crippen molar-refractivity contribution in [3.05, 3.63) is 41.8 Å². The SMILES string of the molecule is CCCC[N+](CCCC)=c1ccc2nc3ccc(N(CCOC)CCOC)cc3sc-2c1. The molecule has 32 heavy (non-hydrogen) atoms. The first kappa shape index (κ1) is 24.6. The lowest BCUT2D eigenvalue weighted by Gasteiger charge is -2.24. The maximum Gasteiger partial charge on any atom is 0.201 e. The number of unbranched alkanes of at least 4 members (excludes halogenated alkanes) is 2. The topological polar surface area (TPSA) is 37.6 Å². The molecule has 6 heteroatoms. The monoisotopic (exact) mass is 456 g/mol. The Bertz CT molecular complexity index is 999. The summed E-state index contributed by atoms with van der Waals surface area (Å²) in [5.41, 5.74) is 3.31. The Morgan fingerprint density at radius 1 is 0.906 bits per heavy atom. The van der Waals surface area contributed by atoms with E-state index in [0.29, 0.717) is 13.2 Å². The van der Waals surface area contributed by atoms with Crippen LogP contribution < -0.4 is 14.8 Å². The van der Waals surface area contributed by atoms with E-state index in [1.54, 1.807) is 14.2 Å². The lowest BCUT2D eigenvalue weighted by atomic mass is 10.2. The van der Waals surface area contributed by atoms with Gasteiger partial charge < -0.3 is 14.4 Å². The van der Waals surface area contributed by atoms with E-state index in [2.05, 4.69) is 59.7 Å². The van der Waals surface area contributed by atoms with Crippen LogP contribution in [-0.2, 0) is 9.47 Å². The summed E-state index contributed by atoms with van der Waals surface area (Å²) in [4.78, 5) is 8.51. The van der Waals surface area contributed by atoms with E-state index in [1.807, 2.05) is 11.3 Å². The van der Waals surface area contributed by atoms with Crippen LogP contribution in [0, 0.1) is 0 Å². The van der Waals surface area contributed by atoms with Gasteiger partial charge in [0.05, 0.1) is 34.0 Å². The van der Waals surface area contributed by atoms with E-state index in [0.717, 1.165) is 37.4 Å². The molecule has 0 radical (unpaired) electrons. The summed E-state index contributed by atoms with van der Waals surface area (Å²) >= 11 is 1.83. The van der Waals surface area contributed by atoms with Crippen LogP contribution in [-0.4, -0.2) is 58.6 Å². The van der Waals surface area contributed by atoms with Crippen molar-refractivity contribution in [1.29, 1.82) is 0 Å². The number of fused-ring (bicyclic) bond motifs is 2. The molecule has 1 aromatic carbocycles. The molecule has 0 N–H and O–H groups in total. The van der Waals surface area contributed by atoms with Crippen molar-refractivity contribution in [2.24, 2.45) is 0 Å². The largest absolute Gasteiger partial charge is 0.383 e. The van der Waals surface area contributed by atoms with E-state index in [-0.39, 0.29) is 0 Å². The number of anilines is 1. The number of hydrogen-bond donors (Lipinski definition) is 0. The Balaban J connectivity index is 2.01. The Morgan fingerprint density at radius 2 is 1.59 bits per heavy atom. The van der Waals surface area contributed by atoms with Crippen molar-refractivity contribution >= 4 is 27.2 Å². The Kier molecular flexibility index (Phi) is 9.90. The van der Waals surface area contributed by atoms with E-state index in [4.69, 9.17) is 14.5 Å². The number of rotatable bonds is 13. The molecule has 5 nitrogen and oxygen atoms in total. The zero-order valence-corrected chi connectivity index (χ0v) is 20.9. The van der Waals surface area contributed by atoms with Gasteiger partial charge in [0.2, 0.25) is 5.36 Å². The average Bonchev–Trinajstić information content (AvgIpc) is 2.82. The van der Waals surface area contributed by atoms with Gasteiger partial charge in [-0.1, -0.05) is 26.7 Å². The Hall–Kier alpha value is -2.02. The van der Waals surface area contributed by atoms with E-state index < -0.39 is 0 Å². The maximum atomic E-state index is 5.31. The number of hydrogen-bond acceptors (Lipinski definition) is 5. The lowest BCUT2D eigenvalue weighted by Crippen LogP contribution is -2.31. The molecule has 3 rings (SSSR count). The molecule has 1 aliphatic heterocycles. The summed E-state index contributed by atoms with van der Waals surface area (Å²) in [6, 6.07) is 13.3. The minimum Gasteiger partial charge on any atom is -0.383 e. The highest BCUT2D eigenvalue weighted by Crippen LogP contribution is 2.31. The molecule has 0 saturated heterocycles. The Labute approximate surface area is 196 Å². The number of nitrogens with zero attached hydrogens (tertiary/aromatic N) is 3. The molecule has 0 amide bonds. The molecule has 0 aromatic heterocycles. The van der Waals surface area contributed by atoms with Crippen LogP contribution in [0.15, 0.2) is 36.4 Å². The summed E-state index contributed by atoms with van der Waals surface area (Å²) < 4.78 is 14.4. The first-order valence-electron chi connectivity index (χ1n) is 11.9. The van der Waals surface area contributed by atoms with Gasteiger partial charge in [0.25, 0.3) is 0 Å². The molecule has 174 valence electrons. The highest BCUT2D eigenvalue weighted by Gasteiger charge is 2.13. The molecule has 0 atom stereocenters. The predicted molar refractivity (Wildman–Crippen MR) is 137 cm³/mol. The van der Waals surface area contributed by atoms with Gasteiger partial charge in [-0.2, -0.15) is 0 Å². The van der Waals surface area contributed by atoms with Crippen molar-refractivity contribution in [3.63, 3.8) is 0 Å². The van der Waals surface area contributed by atoms with Gasteiger partial charge in [-0.25, -0.2) is 9.56 Å². The fraction of sp³-hybridized carbons (Fsp3) is 0.538. The second-order valence-electron chi connectivity index (χ2n) is 8.18. The van der Waals surface area contributed by atoms with Crippen molar-refractivity contribution in [2.45, 2.75) is 39.5 Å². The number of ether oxygens (including phenoxy) is 2. The molecule has 0 unspecified atom stereocenters. The average molecular weight is 457 g/mol. The van der Waals surface area contributed by atoms with Crippen molar-refractivity contribution in [2.75, 3.05) is 58.5 Å². The van der Waals surface area contributed by atoms with Crippen LogP contribution in [0.25, 0.3) is 20.8 Å². The summed E-state index contributed by atoms with van der Waals surface area (Å²) in [5.74, 6) is 0. The van der Waals surface area contributed by atoms with Crippen LogP contribution in [0.2, 0.25) is 0 Å². The van der Waals surface area contributed by atoms with Gasteiger partial charge in [0, 0.05) is 58.0 Å². The second kappa shape index (κ2) is 12.9. The van der Waals surface area contributed by atoms with E-state index in [1.165, 1.54) is 46.3 Å². The van der Waals surface area contributed by atoms with Crippen LogP contribution in [0.1, 0.15) is 39.5 Å². The molecule has 0 bridgehead atoms. The Morgan fingerprint density at radius 3 is 2.22 bits per heavy atom.